The van der Waals surface area contributed by atoms with Gasteiger partial charge in [-0.3, -0.25) is 25.0 Å². The van der Waals surface area contributed by atoms with E-state index < -0.39 is 51.1 Å². The molecular formula is C17H20ClN3O9S. The predicted octanol–water partition coefficient (Wildman–Crippen LogP) is 1.46. The molecule has 31 heavy (non-hydrogen) atoms. The molecular weight excluding hydrogens is 458 g/mol. The van der Waals surface area contributed by atoms with Crippen LogP contribution in [0.4, 0.5) is 10.5 Å². The van der Waals surface area contributed by atoms with Crippen molar-refractivity contribution >= 4 is 45.3 Å². The summed E-state index contributed by atoms with van der Waals surface area (Å²) in [4.78, 5) is 44.6. The molecule has 1 saturated heterocycles. The molecule has 0 atom stereocenters. The number of nitrogens with one attached hydrogen (secondary N) is 1. The zero-order valence-electron chi connectivity index (χ0n) is 16.4. The zero-order chi connectivity index (χ0) is 23.2. The Morgan fingerprint density at radius 1 is 1.26 bits per heavy atom. The number of sulfonamides is 1. The number of rotatable bonds is 7. The van der Waals surface area contributed by atoms with Gasteiger partial charge in [-0.15, -0.1) is 0 Å². The van der Waals surface area contributed by atoms with Crippen LogP contribution in [-0.4, -0.2) is 61.9 Å². The Kier molecular flexibility index (Phi) is 8.30. The Balaban J connectivity index is 1.94. The molecule has 14 heteroatoms. The van der Waals surface area contributed by atoms with Crippen molar-refractivity contribution in [2.75, 3.05) is 26.3 Å². The first-order valence-electron chi connectivity index (χ1n) is 9.13. The Morgan fingerprint density at radius 2 is 1.90 bits per heavy atom. The molecule has 0 bridgehead atoms. The van der Waals surface area contributed by atoms with Crippen molar-refractivity contribution in [2.45, 2.75) is 24.7 Å². The number of alkyl carbamates (subject to hydrolysis) is 1. The van der Waals surface area contributed by atoms with E-state index in [1.54, 1.807) is 6.92 Å². The Hall–Kier alpha value is -2.77. The fraction of sp³-hybridized carbons (Fsp3) is 0.471. The van der Waals surface area contributed by atoms with Crippen molar-refractivity contribution in [3.05, 3.63) is 33.3 Å². The van der Waals surface area contributed by atoms with E-state index in [-0.39, 0.29) is 42.5 Å². The number of hydrogen-bond donors (Lipinski definition) is 1. The number of carbonyl (C=O) groups is 3. The number of esters is 1. The number of benzene rings is 1. The van der Waals surface area contributed by atoms with E-state index >= 15 is 0 Å². The molecule has 0 spiro atoms. The summed E-state index contributed by atoms with van der Waals surface area (Å²) >= 11 is 5.94. The number of imide groups is 1. The second-order valence-electron chi connectivity index (χ2n) is 6.43. The van der Waals surface area contributed by atoms with Gasteiger partial charge in [-0.1, -0.05) is 11.6 Å². The molecule has 12 nitrogen and oxygen atoms in total. The second-order valence-corrected chi connectivity index (χ2v) is 8.74. The molecule has 170 valence electrons. The third-order valence-corrected chi connectivity index (χ3v) is 6.77. The first-order valence-corrected chi connectivity index (χ1v) is 11.0. The number of ether oxygens (including phenoxy) is 2. The Morgan fingerprint density at radius 3 is 2.48 bits per heavy atom. The normalized spacial score (nSPS) is 15.2. The highest BCUT2D eigenvalue weighted by Crippen LogP contribution is 2.31. The van der Waals surface area contributed by atoms with Gasteiger partial charge in [0.2, 0.25) is 10.0 Å². The lowest BCUT2D eigenvalue weighted by Gasteiger charge is -2.30. The maximum atomic E-state index is 12.8. The van der Waals surface area contributed by atoms with Crippen LogP contribution in [0.3, 0.4) is 0 Å². The molecule has 1 fully saturated rings. The zero-order valence-corrected chi connectivity index (χ0v) is 18.0. The van der Waals surface area contributed by atoms with Crippen molar-refractivity contribution < 1.29 is 37.2 Å². The van der Waals surface area contributed by atoms with Gasteiger partial charge in [0.25, 0.3) is 11.6 Å². The molecule has 0 aliphatic carbocycles. The molecule has 0 saturated carbocycles. The van der Waals surface area contributed by atoms with Crippen LogP contribution in [0.15, 0.2) is 23.1 Å². The summed E-state index contributed by atoms with van der Waals surface area (Å²) in [6, 6.07) is 3.12. The van der Waals surface area contributed by atoms with Crippen molar-refractivity contribution in [1.29, 1.82) is 0 Å². The third kappa shape index (κ3) is 6.35. The van der Waals surface area contributed by atoms with Gasteiger partial charge in [-0.05, 0) is 25.8 Å². The summed E-state index contributed by atoms with van der Waals surface area (Å²) < 4.78 is 36.1. The molecule has 0 radical (unpaired) electrons. The van der Waals surface area contributed by atoms with E-state index in [1.165, 1.54) is 0 Å². The molecule has 1 aliphatic heterocycles. The number of non-ortho nitro benzene ring substituents is 1. The number of nitro benzene ring substituents is 1. The summed E-state index contributed by atoms with van der Waals surface area (Å²) in [5.41, 5.74) is -0.414. The summed E-state index contributed by atoms with van der Waals surface area (Å²) in [5, 5.41) is 12.7. The number of nitrogens with zero attached hydrogens (tertiary/aromatic N) is 2. The maximum absolute atomic E-state index is 12.8. The van der Waals surface area contributed by atoms with Gasteiger partial charge in [0.1, 0.15) is 4.90 Å². The topological polar surface area (TPSA) is 162 Å². The van der Waals surface area contributed by atoms with Crippen LogP contribution in [0.25, 0.3) is 0 Å². The molecule has 1 aromatic rings. The second kappa shape index (κ2) is 10.5. The van der Waals surface area contributed by atoms with Gasteiger partial charge < -0.3 is 9.47 Å². The van der Waals surface area contributed by atoms with Crippen molar-refractivity contribution in [1.82, 2.24) is 9.62 Å². The maximum Gasteiger partial charge on any atom is 0.413 e. The van der Waals surface area contributed by atoms with Gasteiger partial charge in [0.05, 0.1) is 22.5 Å². The van der Waals surface area contributed by atoms with E-state index in [2.05, 4.69) is 4.74 Å². The smallest absolute Gasteiger partial charge is 0.413 e. The van der Waals surface area contributed by atoms with E-state index in [1.807, 2.05) is 5.32 Å². The van der Waals surface area contributed by atoms with Crippen molar-refractivity contribution in [2.24, 2.45) is 5.92 Å². The highest BCUT2D eigenvalue weighted by molar-refractivity contribution is 7.89. The van der Waals surface area contributed by atoms with Gasteiger partial charge in [0, 0.05) is 25.2 Å². The molecule has 1 aromatic carbocycles. The SMILES string of the molecule is CCOC(=O)NC(=O)COC(=O)C1CCN(S(=O)(=O)c2cc([N+](=O)[O-])ccc2Cl)CC1. The minimum atomic E-state index is -4.11. The number of nitro groups is 1. The first kappa shape index (κ1) is 24.5. The lowest BCUT2D eigenvalue weighted by Crippen LogP contribution is -2.41. The fourth-order valence-electron chi connectivity index (χ4n) is 2.85. The monoisotopic (exact) mass is 477 g/mol. The van der Waals surface area contributed by atoms with Gasteiger partial charge in [0.15, 0.2) is 6.61 Å². The average molecular weight is 478 g/mol. The number of amides is 2. The largest absolute Gasteiger partial charge is 0.455 e. The molecule has 1 aliphatic rings. The first-order chi connectivity index (χ1) is 14.6. The van der Waals surface area contributed by atoms with Crippen LogP contribution < -0.4 is 5.32 Å². The fourth-order valence-corrected chi connectivity index (χ4v) is 4.81. The van der Waals surface area contributed by atoms with E-state index in [4.69, 9.17) is 16.3 Å². The Labute approximate surface area is 182 Å². The molecule has 1 N–H and O–H groups in total. The van der Waals surface area contributed by atoms with E-state index in [9.17, 15) is 32.9 Å². The number of hydrogen-bond acceptors (Lipinski definition) is 9. The lowest BCUT2D eigenvalue weighted by molar-refractivity contribution is -0.385. The number of halogens is 1. The highest BCUT2D eigenvalue weighted by atomic mass is 35.5. The minimum Gasteiger partial charge on any atom is -0.455 e. The predicted molar refractivity (Wildman–Crippen MR) is 106 cm³/mol. The van der Waals surface area contributed by atoms with Gasteiger partial charge in [-0.25, -0.2) is 13.2 Å². The van der Waals surface area contributed by atoms with Crippen LogP contribution >= 0.6 is 11.6 Å². The number of carbonyl (C=O) groups excluding carboxylic acids is 3. The van der Waals surface area contributed by atoms with Crippen LogP contribution in [0.1, 0.15) is 19.8 Å². The van der Waals surface area contributed by atoms with Crippen LogP contribution in [0.2, 0.25) is 5.02 Å². The molecule has 2 amide bonds. The standard InChI is InChI=1S/C17H20ClN3O9S/c1-2-29-17(24)19-15(22)10-30-16(23)11-5-7-20(8-6-11)31(27,28)14-9-12(21(25)26)3-4-13(14)18/h3-4,9,11H,2,5-8,10H2,1H3,(H,19,22,24). The molecule has 1 heterocycles. The Bertz CT molecular complexity index is 975. The quantitative estimate of drug-likeness (QED) is 0.348. The third-order valence-electron chi connectivity index (χ3n) is 4.39. The van der Waals surface area contributed by atoms with Crippen molar-refractivity contribution in [3.8, 4) is 0 Å². The summed E-state index contributed by atoms with van der Waals surface area (Å²) in [7, 11) is -4.11. The van der Waals surface area contributed by atoms with Crippen molar-refractivity contribution in [3.63, 3.8) is 0 Å². The number of piperidine rings is 1. The molecule has 0 aromatic heterocycles. The summed E-state index contributed by atoms with van der Waals surface area (Å²) in [6.45, 7) is 0.858. The van der Waals surface area contributed by atoms with Crippen LogP contribution in [0, 0.1) is 16.0 Å². The summed E-state index contributed by atoms with van der Waals surface area (Å²) in [5.74, 6) is -2.21. The highest BCUT2D eigenvalue weighted by Gasteiger charge is 2.34. The lowest BCUT2D eigenvalue weighted by atomic mass is 9.98. The van der Waals surface area contributed by atoms with Gasteiger partial charge >= 0.3 is 12.1 Å². The molecule has 2 rings (SSSR count). The summed E-state index contributed by atoms with van der Waals surface area (Å²) in [6.07, 6.45) is -0.726. The minimum absolute atomic E-state index is 0.0455. The average Bonchev–Trinajstić information content (AvgIpc) is 2.72. The van der Waals surface area contributed by atoms with E-state index in [0.29, 0.717) is 0 Å². The van der Waals surface area contributed by atoms with Crippen LogP contribution in [-0.2, 0) is 29.1 Å². The van der Waals surface area contributed by atoms with Gasteiger partial charge in [-0.2, -0.15) is 4.31 Å². The van der Waals surface area contributed by atoms with Crippen LogP contribution in [0.5, 0.6) is 0 Å². The van der Waals surface area contributed by atoms with E-state index in [0.717, 1.165) is 22.5 Å². The molecule has 0 unspecified atom stereocenters.